The highest BCUT2D eigenvalue weighted by molar-refractivity contribution is 5.93. The van der Waals surface area contributed by atoms with Gasteiger partial charge in [-0.2, -0.15) is 0 Å². The number of rotatable bonds is 1. The Labute approximate surface area is 105 Å². The second-order valence-corrected chi connectivity index (χ2v) is 4.38. The number of pyridine rings is 1. The number of esters is 1. The van der Waals surface area contributed by atoms with Crippen molar-refractivity contribution < 1.29 is 9.53 Å². The first kappa shape index (κ1) is 11.0. The standard InChI is InChI=1S/C15H13NO2/c1-10-14-12(7-8-18-15(14)17)9-13(16-10)11-5-3-2-4-6-11/h2-6,9H,7-8H2,1H3. The average Bonchev–Trinajstić information content (AvgIpc) is 2.39. The van der Waals surface area contributed by atoms with E-state index < -0.39 is 0 Å². The van der Waals surface area contributed by atoms with Gasteiger partial charge in [-0.3, -0.25) is 4.98 Å². The SMILES string of the molecule is Cc1nc(-c2ccccc2)cc2c1C(=O)OCC2. The predicted molar refractivity (Wildman–Crippen MR) is 68.4 cm³/mol. The highest BCUT2D eigenvalue weighted by atomic mass is 16.5. The van der Waals surface area contributed by atoms with Gasteiger partial charge in [0.2, 0.25) is 0 Å². The van der Waals surface area contributed by atoms with E-state index in [1.165, 1.54) is 0 Å². The van der Waals surface area contributed by atoms with Crippen molar-refractivity contribution in [3.05, 3.63) is 53.2 Å². The highest BCUT2D eigenvalue weighted by Crippen LogP contribution is 2.25. The molecule has 0 bridgehead atoms. The molecule has 3 nitrogen and oxygen atoms in total. The molecule has 0 spiro atoms. The summed E-state index contributed by atoms with van der Waals surface area (Å²) in [5.74, 6) is -0.249. The van der Waals surface area contributed by atoms with Crippen molar-refractivity contribution in [3.8, 4) is 11.3 Å². The summed E-state index contributed by atoms with van der Waals surface area (Å²) in [5, 5.41) is 0. The van der Waals surface area contributed by atoms with Crippen LogP contribution in [-0.4, -0.2) is 17.6 Å². The summed E-state index contributed by atoms with van der Waals surface area (Å²) in [5.41, 5.74) is 4.42. The van der Waals surface area contributed by atoms with Crippen LogP contribution in [0.2, 0.25) is 0 Å². The highest BCUT2D eigenvalue weighted by Gasteiger charge is 2.22. The lowest BCUT2D eigenvalue weighted by Gasteiger charge is -2.18. The Morgan fingerprint density at radius 2 is 2.00 bits per heavy atom. The first-order valence-electron chi connectivity index (χ1n) is 5.99. The number of hydrogen-bond donors (Lipinski definition) is 0. The number of aromatic nitrogens is 1. The summed E-state index contributed by atoms with van der Waals surface area (Å²) in [4.78, 5) is 16.2. The molecule has 18 heavy (non-hydrogen) atoms. The third-order valence-electron chi connectivity index (χ3n) is 3.16. The number of carbonyl (C=O) groups is 1. The Kier molecular flexibility index (Phi) is 2.59. The van der Waals surface area contributed by atoms with Crippen molar-refractivity contribution in [3.63, 3.8) is 0 Å². The Morgan fingerprint density at radius 1 is 1.22 bits per heavy atom. The Morgan fingerprint density at radius 3 is 2.78 bits per heavy atom. The van der Waals surface area contributed by atoms with Crippen LogP contribution in [0.3, 0.4) is 0 Å². The maximum atomic E-state index is 11.7. The van der Waals surface area contributed by atoms with Gasteiger partial charge in [0.05, 0.1) is 23.6 Å². The molecular formula is C15H13NO2. The third-order valence-corrected chi connectivity index (χ3v) is 3.16. The van der Waals surface area contributed by atoms with Crippen molar-refractivity contribution in [2.24, 2.45) is 0 Å². The molecular weight excluding hydrogens is 226 g/mol. The molecule has 1 aliphatic heterocycles. The summed E-state index contributed by atoms with van der Waals surface area (Å²) in [6.07, 6.45) is 0.768. The van der Waals surface area contributed by atoms with Gasteiger partial charge in [0, 0.05) is 12.0 Å². The van der Waals surface area contributed by atoms with Crippen LogP contribution >= 0.6 is 0 Å². The van der Waals surface area contributed by atoms with E-state index in [0.29, 0.717) is 12.2 Å². The van der Waals surface area contributed by atoms with Crippen LogP contribution in [0, 0.1) is 6.92 Å². The molecule has 0 unspecified atom stereocenters. The number of nitrogens with zero attached hydrogens (tertiary/aromatic N) is 1. The molecule has 0 atom stereocenters. The summed E-state index contributed by atoms with van der Waals surface area (Å²) in [6, 6.07) is 12.0. The second-order valence-electron chi connectivity index (χ2n) is 4.38. The van der Waals surface area contributed by atoms with Crippen LogP contribution in [0.5, 0.6) is 0 Å². The van der Waals surface area contributed by atoms with Crippen LogP contribution in [-0.2, 0) is 11.2 Å². The Bertz CT molecular complexity index is 605. The first-order valence-corrected chi connectivity index (χ1v) is 5.99. The molecule has 2 aromatic rings. The maximum Gasteiger partial charge on any atom is 0.340 e. The molecule has 1 aliphatic rings. The van der Waals surface area contributed by atoms with Gasteiger partial charge in [-0.05, 0) is 18.6 Å². The topological polar surface area (TPSA) is 39.2 Å². The number of benzene rings is 1. The van der Waals surface area contributed by atoms with E-state index >= 15 is 0 Å². The summed E-state index contributed by atoms with van der Waals surface area (Å²) in [7, 11) is 0. The molecule has 2 heterocycles. The molecule has 3 rings (SSSR count). The largest absolute Gasteiger partial charge is 0.462 e. The Balaban J connectivity index is 2.15. The van der Waals surface area contributed by atoms with E-state index in [2.05, 4.69) is 4.98 Å². The normalized spacial score (nSPS) is 13.9. The number of hydrogen-bond acceptors (Lipinski definition) is 3. The minimum atomic E-state index is -0.249. The quantitative estimate of drug-likeness (QED) is 0.718. The minimum Gasteiger partial charge on any atom is -0.462 e. The van der Waals surface area contributed by atoms with Gasteiger partial charge in [0.25, 0.3) is 0 Å². The van der Waals surface area contributed by atoms with E-state index in [1.807, 2.05) is 43.3 Å². The molecule has 0 saturated carbocycles. The molecule has 1 aromatic heterocycles. The molecule has 0 amide bonds. The molecule has 0 fully saturated rings. The summed E-state index contributed by atoms with van der Waals surface area (Å²) in [6.45, 7) is 2.32. The maximum absolute atomic E-state index is 11.7. The van der Waals surface area contributed by atoms with E-state index in [1.54, 1.807) is 0 Å². The predicted octanol–water partition coefficient (Wildman–Crippen LogP) is 2.77. The van der Waals surface area contributed by atoms with Crippen molar-refractivity contribution in [2.75, 3.05) is 6.61 Å². The van der Waals surface area contributed by atoms with Crippen molar-refractivity contribution in [1.29, 1.82) is 0 Å². The second kappa shape index (κ2) is 4.26. The van der Waals surface area contributed by atoms with Gasteiger partial charge in [0.1, 0.15) is 0 Å². The lowest BCUT2D eigenvalue weighted by molar-refractivity contribution is 0.0478. The molecule has 0 radical (unpaired) electrons. The van der Waals surface area contributed by atoms with Gasteiger partial charge in [0.15, 0.2) is 0 Å². The molecule has 0 N–H and O–H groups in total. The number of ether oxygens (including phenoxy) is 1. The molecule has 3 heteroatoms. The first-order chi connectivity index (χ1) is 8.75. The van der Waals surface area contributed by atoms with Crippen LogP contribution in [0.15, 0.2) is 36.4 Å². The summed E-state index contributed by atoms with van der Waals surface area (Å²) >= 11 is 0. The lowest BCUT2D eigenvalue weighted by atomic mass is 9.99. The molecule has 90 valence electrons. The van der Waals surface area contributed by atoms with Crippen LogP contribution in [0.4, 0.5) is 0 Å². The van der Waals surface area contributed by atoms with Gasteiger partial charge in [-0.15, -0.1) is 0 Å². The third kappa shape index (κ3) is 1.78. The molecule has 0 aliphatic carbocycles. The van der Waals surface area contributed by atoms with Gasteiger partial charge < -0.3 is 4.74 Å². The Hall–Kier alpha value is -2.16. The molecule has 1 aromatic carbocycles. The van der Waals surface area contributed by atoms with Crippen LogP contribution < -0.4 is 0 Å². The van der Waals surface area contributed by atoms with Crippen molar-refractivity contribution in [2.45, 2.75) is 13.3 Å². The molecule has 0 saturated heterocycles. The zero-order valence-electron chi connectivity index (χ0n) is 10.1. The number of cyclic esters (lactones) is 1. The minimum absolute atomic E-state index is 0.249. The van der Waals surface area contributed by atoms with Crippen molar-refractivity contribution >= 4 is 5.97 Å². The van der Waals surface area contributed by atoms with E-state index in [0.717, 1.165) is 28.9 Å². The fourth-order valence-corrected chi connectivity index (χ4v) is 2.30. The number of aryl methyl sites for hydroxylation is 1. The fraction of sp³-hybridized carbons (Fsp3) is 0.200. The monoisotopic (exact) mass is 239 g/mol. The zero-order chi connectivity index (χ0) is 12.5. The number of carbonyl (C=O) groups excluding carboxylic acids is 1. The van der Waals surface area contributed by atoms with Gasteiger partial charge in [-0.1, -0.05) is 30.3 Å². The van der Waals surface area contributed by atoms with Crippen molar-refractivity contribution in [1.82, 2.24) is 4.98 Å². The van der Waals surface area contributed by atoms with Gasteiger partial charge >= 0.3 is 5.97 Å². The van der Waals surface area contributed by atoms with Crippen LogP contribution in [0.25, 0.3) is 11.3 Å². The van der Waals surface area contributed by atoms with E-state index in [-0.39, 0.29) is 5.97 Å². The lowest BCUT2D eigenvalue weighted by Crippen LogP contribution is -2.20. The summed E-state index contributed by atoms with van der Waals surface area (Å²) < 4.78 is 5.05. The average molecular weight is 239 g/mol. The van der Waals surface area contributed by atoms with E-state index in [4.69, 9.17) is 4.74 Å². The zero-order valence-corrected chi connectivity index (χ0v) is 10.1. The number of fused-ring (bicyclic) bond motifs is 1. The fourth-order valence-electron chi connectivity index (χ4n) is 2.30. The van der Waals surface area contributed by atoms with Crippen LogP contribution in [0.1, 0.15) is 21.6 Å². The van der Waals surface area contributed by atoms with E-state index in [9.17, 15) is 4.79 Å². The van der Waals surface area contributed by atoms with Gasteiger partial charge in [-0.25, -0.2) is 4.79 Å². The smallest absolute Gasteiger partial charge is 0.340 e.